The van der Waals surface area contributed by atoms with E-state index in [2.05, 4.69) is 6.92 Å². The highest BCUT2D eigenvalue weighted by atomic mass is 16.6. The summed E-state index contributed by atoms with van der Waals surface area (Å²) < 4.78 is 5.14. The van der Waals surface area contributed by atoms with Crippen LogP contribution in [0, 0.1) is 17.8 Å². The Morgan fingerprint density at radius 3 is 3.08 bits per heavy atom. The third-order valence-electron chi connectivity index (χ3n) is 3.26. The first-order valence-electron chi connectivity index (χ1n) is 4.52. The van der Waals surface area contributed by atoms with Crippen molar-refractivity contribution in [2.75, 3.05) is 6.61 Å². The maximum absolute atomic E-state index is 10.9. The van der Waals surface area contributed by atoms with E-state index < -0.39 is 0 Å². The van der Waals surface area contributed by atoms with Gasteiger partial charge in [-0.3, -0.25) is 4.79 Å². The first-order chi connectivity index (χ1) is 5.72. The topological polar surface area (TPSA) is 46.5 Å². The second-order valence-corrected chi connectivity index (χ2v) is 3.96. The Bertz CT molecular complexity index is 202. The molecule has 1 aliphatic carbocycles. The molecule has 3 nitrogen and oxygen atoms in total. The van der Waals surface area contributed by atoms with E-state index in [0.717, 1.165) is 6.42 Å². The molecule has 0 radical (unpaired) electrons. The van der Waals surface area contributed by atoms with Gasteiger partial charge in [0.05, 0.1) is 6.42 Å². The van der Waals surface area contributed by atoms with Crippen molar-refractivity contribution in [3.63, 3.8) is 0 Å². The van der Waals surface area contributed by atoms with Gasteiger partial charge in [-0.1, -0.05) is 6.92 Å². The van der Waals surface area contributed by atoms with Crippen molar-refractivity contribution in [3.05, 3.63) is 0 Å². The summed E-state index contributed by atoms with van der Waals surface area (Å²) in [5.41, 5.74) is 0. The third kappa shape index (κ3) is 1.04. The van der Waals surface area contributed by atoms with Gasteiger partial charge in [0.25, 0.3) is 0 Å². The lowest BCUT2D eigenvalue weighted by Crippen LogP contribution is -2.19. The molecule has 0 spiro atoms. The largest absolute Gasteiger partial charge is 0.462 e. The van der Waals surface area contributed by atoms with Crippen LogP contribution in [0.3, 0.4) is 0 Å². The molecule has 68 valence electrons. The Balaban J connectivity index is 2.11. The number of esters is 1. The maximum Gasteiger partial charge on any atom is 0.306 e. The van der Waals surface area contributed by atoms with Gasteiger partial charge < -0.3 is 9.84 Å². The minimum Gasteiger partial charge on any atom is -0.462 e. The SMILES string of the molecule is C[C@H]1C[C@@H]2OC(=O)C[C@@H]2[C@@H]1CO. The van der Waals surface area contributed by atoms with Crippen LogP contribution >= 0.6 is 0 Å². The number of ether oxygens (including phenoxy) is 1. The Labute approximate surface area is 71.7 Å². The number of carbonyl (C=O) groups excluding carboxylic acids is 1. The highest BCUT2D eigenvalue weighted by Crippen LogP contribution is 2.44. The van der Waals surface area contributed by atoms with Gasteiger partial charge in [-0.25, -0.2) is 0 Å². The number of rotatable bonds is 1. The highest BCUT2D eigenvalue weighted by Gasteiger charge is 2.47. The Hall–Kier alpha value is -0.570. The molecule has 1 saturated heterocycles. The van der Waals surface area contributed by atoms with Gasteiger partial charge in [-0.15, -0.1) is 0 Å². The van der Waals surface area contributed by atoms with E-state index in [9.17, 15) is 4.79 Å². The van der Waals surface area contributed by atoms with Crippen molar-refractivity contribution in [2.45, 2.75) is 25.9 Å². The van der Waals surface area contributed by atoms with Crippen LogP contribution in [0.2, 0.25) is 0 Å². The first-order valence-corrected chi connectivity index (χ1v) is 4.52. The van der Waals surface area contributed by atoms with Crippen molar-refractivity contribution < 1.29 is 14.6 Å². The zero-order valence-corrected chi connectivity index (χ0v) is 7.19. The van der Waals surface area contributed by atoms with Crippen LogP contribution < -0.4 is 0 Å². The summed E-state index contributed by atoms with van der Waals surface area (Å²) in [7, 11) is 0. The van der Waals surface area contributed by atoms with E-state index in [-0.39, 0.29) is 30.5 Å². The lowest BCUT2D eigenvalue weighted by Gasteiger charge is -2.15. The Morgan fingerprint density at radius 2 is 2.42 bits per heavy atom. The molecule has 1 aliphatic heterocycles. The van der Waals surface area contributed by atoms with E-state index in [1.165, 1.54) is 0 Å². The van der Waals surface area contributed by atoms with Gasteiger partial charge in [-0.05, 0) is 18.3 Å². The monoisotopic (exact) mass is 170 g/mol. The van der Waals surface area contributed by atoms with Crippen molar-refractivity contribution in [1.29, 1.82) is 0 Å². The predicted molar refractivity (Wildman–Crippen MR) is 42.3 cm³/mol. The summed E-state index contributed by atoms with van der Waals surface area (Å²) >= 11 is 0. The average Bonchev–Trinajstić information content (AvgIpc) is 2.43. The summed E-state index contributed by atoms with van der Waals surface area (Å²) in [5, 5.41) is 9.10. The number of aliphatic hydroxyl groups is 1. The van der Waals surface area contributed by atoms with Crippen molar-refractivity contribution in [1.82, 2.24) is 0 Å². The summed E-state index contributed by atoms with van der Waals surface area (Å²) in [5.74, 6) is 0.979. The molecule has 2 fully saturated rings. The molecule has 0 bridgehead atoms. The Kier molecular flexibility index (Phi) is 1.83. The van der Waals surface area contributed by atoms with E-state index in [4.69, 9.17) is 9.84 Å². The molecule has 3 heteroatoms. The van der Waals surface area contributed by atoms with E-state index in [1.54, 1.807) is 0 Å². The number of carbonyl (C=O) groups is 1. The normalized spacial score (nSPS) is 46.0. The second kappa shape index (κ2) is 2.73. The van der Waals surface area contributed by atoms with Crippen LogP contribution in [0.15, 0.2) is 0 Å². The van der Waals surface area contributed by atoms with Crippen LogP contribution in [0.1, 0.15) is 19.8 Å². The molecule has 2 rings (SSSR count). The standard InChI is InChI=1S/C9H14O3/c1-5-2-8-6(7(5)4-10)3-9(11)12-8/h5-8,10H,2-4H2,1H3/t5-,6+,7+,8-/m0/s1. The molecule has 0 unspecified atom stereocenters. The van der Waals surface area contributed by atoms with Gasteiger partial charge in [-0.2, -0.15) is 0 Å². The third-order valence-corrected chi connectivity index (χ3v) is 3.26. The smallest absolute Gasteiger partial charge is 0.306 e. The fourth-order valence-electron chi connectivity index (χ4n) is 2.56. The summed E-state index contributed by atoms with van der Waals surface area (Å²) in [6.45, 7) is 2.31. The minimum absolute atomic E-state index is 0.0876. The van der Waals surface area contributed by atoms with Crippen molar-refractivity contribution >= 4 is 5.97 Å². The van der Waals surface area contributed by atoms with Crippen LogP contribution in [-0.2, 0) is 9.53 Å². The quantitative estimate of drug-likeness (QED) is 0.585. The highest BCUT2D eigenvalue weighted by molar-refractivity contribution is 5.72. The number of hydrogen-bond donors (Lipinski definition) is 1. The summed E-state index contributed by atoms with van der Waals surface area (Å²) in [6.07, 6.45) is 1.55. The Morgan fingerprint density at radius 1 is 1.67 bits per heavy atom. The lowest BCUT2D eigenvalue weighted by molar-refractivity contribution is -0.141. The minimum atomic E-state index is -0.0876. The molecule has 1 N–H and O–H groups in total. The van der Waals surface area contributed by atoms with Crippen molar-refractivity contribution in [3.8, 4) is 0 Å². The molecular formula is C9H14O3. The van der Waals surface area contributed by atoms with Crippen LogP contribution in [0.25, 0.3) is 0 Å². The summed E-state index contributed by atoms with van der Waals surface area (Å²) in [4.78, 5) is 10.9. The fraction of sp³-hybridized carbons (Fsp3) is 0.889. The number of fused-ring (bicyclic) bond motifs is 1. The molecule has 1 saturated carbocycles. The first kappa shape index (κ1) is 8.05. The number of aliphatic hydroxyl groups excluding tert-OH is 1. The molecule has 12 heavy (non-hydrogen) atoms. The van der Waals surface area contributed by atoms with Gasteiger partial charge in [0.2, 0.25) is 0 Å². The van der Waals surface area contributed by atoms with Gasteiger partial charge in [0, 0.05) is 12.5 Å². The molecule has 1 heterocycles. The summed E-state index contributed by atoms with van der Waals surface area (Å²) in [6, 6.07) is 0. The van der Waals surface area contributed by atoms with Gasteiger partial charge in [0.15, 0.2) is 0 Å². The van der Waals surface area contributed by atoms with Crippen molar-refractivity contribution in [2.24, 2.45) is 17.8 Å². The van der Waals surface area contributed by atoms with Crippen LogP contribution in [0.4, 0.5) is 0 Å². The molecule has 2 aliphatic rings. The molecule has 4 atom stereocenters. The van der Waals surface area contributed by atoms with E-state index in [0.29, 0.717) is 12.3 Å². The molecule has 0 aromatic carbocycles. The van der Waals surface area contributed by atoms with Crippen LogP contribution in [0.5, 0.6) is 0 Å². The van der Waals surface area contributed by atoms with Crippen LogP contribution in [-0.4, -0.2) is 23.8 Å². The lowest BCUT2D eigenvalue weighted by atomic mass is 9.89. The maximum atomic E-state index is 10.9. The fourth-order valence-corrected chi connectivity index (χ4v) is 2.56. The van der Waals surface area contributed by atoms with Gasteiger partial charge >= 0.3 is 5.97 Å². The van der Waals surface area contributed by atoms with Gasteiger partial charge in [0.1, 0.15) is 6.10 Å². The zero-order chi connectivity index (χ0) is 8.72. The molecule has 0 amide bonds. The van der Waals surface area contributed by atoms with E-state index >= 15 is 0 Å². The number of hydrogen-bond acceptors (Lipinski definition) is 3. The zero-order valence-electron chi connectivity index (χ0n) is 7.19. The van der Waals surface area contributed by atoms with E-state index in [1.807, 2.05) is 0 Å². The molecular weight excluding hydrogens is 156 g/mol. The average molecular weight is 170 g/mol. The molecule has 0 aromatic rings. The second-order valence-electron chi connectivity index (χ2n) is 3.96. The predicted octanol–water partition coefficient (Wildman–Crippen LogP) is 0.566. The molecule has 0 aromatic heterocycles.